The number of benzene rings is 1. The van der Waals surface area contributed by atoms with Crippen LogP contribution in [0.3, 0.4) is 0 Å². The number of halogens is 2. The van der Waals surface area contributed by atoms with Crippen LogP contribution in [0, 0.1) is 23.0 Å². The number of ether oxygens (including phenoxy) is 1. The Morgan fingerprint density at radius 3 is 2.70 bits per heavy atom. The molecule has 1 aromatic rings. The number of amides is 1. The third-order valence-corrected chi connectivity index (χ3v) is 3.14. The number of rotatable bonds is 2. The summed E-state index contributed by atoms with van der Waals surface area (Å²) in [4.78, 5) is 12.8. The maximum atomic E-state index is 13.7. The van der Waals surface area contributed by atoms with Crippen LogP contribution in [0.25, 0.3) is 0 Å². The van der Waals surface area contributed by atoms with Gasteiger partial charge in [-0.3, -0.25) is 0 Å². The molecule has 1 aliphatic heterocycles. The van der Waals surface area contributed by atoms with Crippen LogP contribution in [0.15, 0.2) is 12.1 Å². The van der Waals surface area contributed by atoms with Gasteiger partial charge in [0.2, 0.25) is 0 Å². The molecule has 1 unspecified atom stereocenters. The standard InChI is InChI=1S/C13H13F2N3O2/c1-20-13(19)18-3-2-9(7-18)17-12-10(14)4-8(6-16)5-11(12)15/h4-5,9,17H,2-3,7H2,1H3. The van der Waals surface area contributed by atoms with Gasteiger partial charge in [0.1, 0.15) is 5.69 Å². The van der Waals surface area contributed by atoms with Crippen molar-refractivity contribution in [3.8, 4) is 6.07 Å². The summed E-state index contributed by atoms with van der Waals surface area (Å²) in [6.07, 6.45) is 0.101. The second-order valence-electron chi connectivity index (χ2n) is 4.47. The highest BCUT2D eigenvalue weighted by Crippen LogP contribution is 2.23. The van der Waals surface area contributed by atoms with E-state index in [1.54, 1.807) is 6.07 Å². The fourth-order valence-electron chi connectivity index (χ4n) is 2.15. The van der Waals surface area contributed by atoms with Gasteiger partial charge in [-0.2, -0.15) is 5.26 Å². The maximum absolute atomic E-state index is 13.7. The Balaban J connectivity index is 2.09. The Morgan fingerprint density at radius 1 is 1.50 bits per heavy atom. The lowest BCUT2D eigenvalue weighted by molar-refractivity contribution is 0.133. The lowest BCUT2D eigenvalue weighted by atomic mass is 10.1. The predicted octanol–water partition coefficient (Wildman–Crippen LogP) is 2.09. The van der Waals surface area contributed by atoms with E-state index in [2.05, 4.69) is 10.1 Å². The van der Waals surface area contributed by atoms with Crippen molar-refractivity contribution in [2.24, 2.45) is 0 Å². The van der Waals surface area contributed by atoms with Crippen LogP contribution in [0.2, 0.25) is 0 Å². The van der Waals surface area contributed by atoms with Crippen molar-refractivity contribution in [2.45, 2.75) is 12.5 Å². The van der Waals surface area contributed by atoms with Gasteiger partial charge in [-0.1, -0.05) is 0 Å². The zero-order chi connectivity index (χ0) is 14.7. The van der Waals surface area contributed by atoms with Crippen LogP contribution in [0.1, 0.15) is 12.0 Å². The topological polar surface area (TPSA) is 65.4 Å². The zero-order valence-corrected chi connectivity index (χ0v) is 10.8. The molecule has 1 aliphatic rings. The molecule has 2 rings (SSSR count). The Morgan fingerprint density at radius 2 is 2.15 bits per heavy atom. The molecule has 1 fully saturated rings. The highest BCUT2D eigenvalue weighted by molar-refractivity contribution is 5.68. The van der Waals surface area contributed by atoms with E-state index in [4.69, 9.17) is 5.26 Å². The van der Waals surface area contributed by atoms with Crippen molar-refractivity contribution in [3.63, 3.8) is 0 Å². The van der Waals surface area contributed by atoms with Crippen LogP contribution < -0.4 is 5.32 Å². The SMILES string of the molecule is COC(=O)N1CCC(Nc2c(F)cc(C#N)cc2F)C1. The molecule has 1 saturated heterocycles. The Kier molecular flexibility index (Phi) is 4.03. The third kappa shape index (κ3) is 2.79. The van der Waals surface area contributed by atoms with Crippen molar-refractivity contribution in [3.05, 3.63) is 29.3 Å². The van der Waals surface area contributed by atoms with Crippen LogP contribution in [-0.4, -0.2) is 37.2 Å². The van der Waals surface area contributed by atoms with Crippen molar-refractivity contribution in [2.75, 3.05) is 25.5 Å². The van der Waals surface area contributed by atoms with Crippen LogP contribution in [-0.2, 0) is 4.74 Å². The van der Waals surface area contributed by atoms with Gasteiger partial charge in [0.15, 0.2) is 11.6 Å². The number of nitriles is 1. The van der Waals surface area contributed by atoms with Crippen LogP contribution in [0.4, 0.5) is 19.3 Å². The molecule has 20 heavy (non-hydrogen) atoms. The number of nitrogens with zero attached hydrogens (tertiary/aromatic N) is 2. The number of anilines is 1. The van der Waals surface area contributed by atoms with Crippen molar-refractivity contribution >= 4 is 11.8 Å². The molecule has 1 aromatic carbocycles. The molecule has 1 amide bonds. The summed E-state index contributed by atoms with van der Waals surface area (Å²) in [5, 5.41) is 11.4. The van der Waals surface area contributed by atoms with E-state index >= 15 is 0 Å². The van der Waals surface area contributed by atoms with E-state index in [0.29, 0.717) is 19.5 Å². The number of nitrogens with one attached hydrogen (secondary N) is 1. The first-order chi connectivity index (χ1) is 9.55. The van der Waals surface area contributed by atoms with Crippen molar-refractivity contribution < 1.29 is 18.3 Å². The van der Waals surface area contributed by atoms with Gasteiger partial charge in [-0.05, 0) is 18.6 Å². The van der Waals surface area contributed by atoms with Gasteiger partial charge < -0.3 is 15.0 Å². The van der Waals surface area contributed by atoms with Gasteiger partial charge in [-0.25, -0.2) is 13.6 Å². The highest BCUT2D eigenvalue weighted by Gasteiger charge is 2.28. The van der Waals surface area contributed by atoms with Gasteiger partial charge in [0.05, 0.1) is 18.7 Å². The first-order valence-corrected chi connectivity index (χ1v) is 6.03. The van der Waals surface area contributed by atoms with Gasteiger partial charge in [-0.15, -0.1) is 0 Å². The fourth-order valence-corrected chi connectivity index (χ4v) is 2.15. The van der Waals surface area contributed by atoms with E-state index < -0.39 is 17.7 Å². The summed E-state index contributed by atoms with van der Waals surface area (Å²) >= 11 is 0. The normalized spacial score (nSPS) is 17.7. The molecule has 1 N–H and O–H groups in total. The molecular weight excluding hydrogens is 268 g/mol. The first kappa shape index (κ1) is 14.1. The summed E-state index contributed by atoms with van der Waals surface area (Å²) in [6, 6.07) is 3.36. The average molecular weight is 281 g/mol. The fraction of sp³-hybridized carbons (Fsp3) is 0.385. The number of hydrogen-bond donors (Lipinski definition) is 1. The summed E-state index contributed by atoms with van der Waals surface area (Å²) < 4.78 is 32.0. The quantitative estimate of drug-likeness (QED) is 0.901. The van der Waals surface area contributed by atoms with Crippen molar-refractivity contribution in [1.29, 1.82) is 5.26 Å². The molecule has 0 aromatic heterocycles. The summed E-state index contributed by atoms with van der Waals surface area (Å²) in [7, 11) is 1.28. The molecular formula is C13H13F2N3O2. The molecule has 0 aliphatic carbocycles. The third-order valence-electron chi connectivity index (χ3n) is 3.14. The number of carbonyl (C=O) groups is 1. The smallest absolute Gasteiger partial charge is 0.409 e. The number of methoxy groups -OCH3 is 1. The molecule has 0 bridgehead atoms. The number of hydrogen-bond acceptors (Lipinski definition) is 4. The Hall–Kier alpha value is -2.36. The summed E-state index contributed by atoms with van der Waals surface area (Å²) in [5.41, 5.74) is -0.353. The molecule has 1 atom stereocenters. The van der Waals surface area contributed by atoms with Gasteiger partial charge in [0, 0.05) is 19.1 Å². The highest BCUT2D eigenvalue weighted by atomic mass is 19.1. The van der Waals surface area contributed by atoms with E-state index in [-0.39, 0.29) is 17.3 Å². The van der Waals surface area contributed by atoms with Crippen molar-refractivity contribution in [1.82, 2.24) is 4.90 Å². The average Bonchev–Trinajstić information content (AvgIpc) is 2.90. The zero-order valence-electron chi connectivity index (χ0n) is 10.8. The molecule has 1 heterocycles. The minimum absolute atomic E-state index is 0.0758. The molecule has 0 radical (unpaired) electrons. The maximum Gasteiger partial charge on any atom is 0.409 e. The van der Waals surface area contributed by atoms with Gasteiger partial charge >= 0.3 is 6.09 Å². The Bertz CT molecular complexity index is 548. The Labute approximate surface area is 114 Å². The summed E-state index contributed by atoms with van der Waals surface area (Å²) in [6.45, 7) is 0.773. The lowest BCUT2D eigenvalue weighted by Gasteiger charge is -2.17. The van der Waals surface area contributed by atoms with E-state index in [1.807, 2.05) is 0 Å². The largest absolute Gasteiger partial charge is 0.453 e. The number of carbonyl (C=O) groups excluding carboxylic acids is 1. The monoisotopic (exact) mass is 281 g/mol. The predicted molar refractivity (Wildman–Crippen MR) is 67.1 cm³/mol. The minimum atomic E-state index is -0.821. The van der Waals surface area contributed by atoms with E-state index in [1.165, 1.54) is 12.0 Å². The van der Waals surface area contributed by atoms with Crippen LogP contribution in [0.5, 0.6) is 0 Å². The van der Waals surface area contributed by atoms with E-state index in [0.717, 1.165) is 12.1 Å². The minimum Gasteiger partial charge on any atom is -0.453 e. The molecule has 5 nitrogen and oxygen atoms in total. The summed E-state index contributed by atoms with van der Waals surface area (Å²) in [5.74, 6) is -1.64. The molecule has 0 saturated carbocycles. The van der Waals surface area contributed by atoms with Gasteiger partial charge in [0.25, 0.3) is 0 Å². The van der Waals surface area contributed by atoms with Crippen LogP contribution >= 0.6 is 0 Å². The number of likely N-dealkylation sites (tertiary alicyclic amines) is 1. The first-order valence-electron chi connectivity index (χ1n) is 6.03. The van der Waals surface area contributed by atoms with E-state index in [9.17, 15) is 13.6 Å². The molecule has 106 valence electrons. The second kappa shape index (κ2) is 5.74. The molecule has 0 spiro atoms. The lowest BCUT2D eigenvalue weighted by Crippen LogP contribution is -2.31. The second-order valence-corrected chi connectivity index (χ2v) is 4.47. The molecule has 7 heteroatoms.